The molecular weight excluding hydrogens is 373 g/mol. The normalized spacial score (nSPS) is 11.5. The largest absolute Gasteiger partial charge is 0.493 e. The van der Waals surface area contributed by atoms with Crippen LogP contribution in [-0.2, 0) is 6.18 Å². The molecule has 0 aliphatic carbocycles. The van der Waals surface area contributed by atoms with Crippen molar-refractivity contribution in [2.24, 2.45) is 5.10 Å². The summed E-state index contributed by atoms with van der Waals surface area (Å²) in [4.78, 5) is 12.0. The summed E-state index contributed by atoms with van der Waals surface area (Å²) in [7, 11) is 1.51. The SMILES string of the molecule is CCCCOc1ccc(/C=N/NC(=O)c2cccc(C(F)(F)F)c2)cc1OC. The molecule has 0 fully saturated rings. The molecule has 0 bridgehead atoms. The molecule has 0 saturated heterocycles. The van der Waals surface area contributed by atoms with Crippen molar-refractivity contribution >= 4 is 12.1 Å². The standard InChI is InChI=1S/C20H21F3N2O3/c1-3-4-10-28-17-9-8-14(11-18(17)27-2)13-24-25-19(26)15-6-5-7-16(12-15)20(21,22)23/h5-9,11-13H,3-4,10H2,1-2H3,(H,25,26)/b24-13+. The van der Waals surface area contributed by atoms with E-state index in [0.717, 1.165) is 25.0 Å². The van der Waals surface area contributed by atoms with Crippen LogP contribution >= 0.6 is 0 Å². The van der Waals surface area contributed by atoms with Crippen LogP contribution in [0, 0.1) is 0 Å². The number of nitrogens with one attached hydrogen (secondary N) is 1. The van der Waals surface area contributed by atoms with E-state index < -0.39 is 17.6 Å². The Balaban J connectivity index is 2.03. The van der Waals surface area contributed by atoms with Gasteiger partial charge in [-0.05, 0) is 48.4 Å². The minimum Gasteiger partial charge on any atom is -0.493 e. The number of alkyl halides is 3. The van der Waals surface area contributed by atoms with Gasteiger partial charge >= 0.3 is 6.18 Å². The van der Waals surface area contributed by atoms with E-state index in [1.165, 1.54) is 25.5 Å². The number of hydrazone groups is 1. The first kappa shape index (κ1) is 21.3. The third-order valence-electron chi connectivity index (χ3n) is 3.77. The Morgan fingerprint density at radius 2 is 1.96 bits per heavy atom. The van der Waals surface area contributed by atoms with Crippen LogP contribution in [0.4, 0.5) is 13.2 Å². The van der Waals surface area contributed by atoms with Gasteiger partial charge in [0.1, 0.15) is 0 Å². The van der Waals surface area contributed by atoms with Crippen LogP contribution in [-0.4, -0.2) is 25.8 Å². The molecule has 28 heavy (non-hydrogen) atoms. The van der Waals surface area contributed by atoms with E-state index in [1.54, 1.807) is 18.2 Å². The average Bonchev–Trinajstić information content (AvgIpc) is 2.68. The Hall–Kier alpha value is -3.03. The maximum absolute atomic E-state index is 12.7. The summed E-state index contributed by atoms with van der Waals surface area (Å²) in [6, 6.07) is 9.26. The number of carbonyl (C=O) groups excluding carboxylic acids is 1. The monoisotopic (exact) mass is 394 g/mol. The number of benzene rings is 2. The molecule has 1 N–H and O–H groups in total. The van der Waals surface area contributed by atoms with Crippen molar-refractivity contribution in [3.63, 3.8) is 0 Å². The molecule has 0 saturated carbocycles. The first-order valence-corrected chi connectivity index (χ1v) is 8.66. The van der Waals surface area contributed by atoms with Crippen molar-refractivity contribution < 1.29 is 27.4 Å². The van der Waals surface area contributed by atoms with Crippen LogP contribution in [0.2, 0.25) is 0 Å². The molecule has 0 aliphatic rings. The molecule has 0 heterocycles. The quantitative estimate of drug-likeness (QED) is 0.403. The highest BCUT2D eigenvalue weighted by atomic mass is 19.4. The predicted molar refractivity (Wildman–Crippen MR) is 99.9 cm³/mol. The Bertz CT molecular complexity index is 836. The number of methoxy groups -OCH3 is 1. The van der Waals surface area contributed by atoms with Gasteiger partial charge in [-0.3, -0.25) is 4.79 Å². The molecule has 0 aliphatic heterocycles. The zero-order chi connectivity index (χ0) is 20.6. The van der Waals surface area contributed by atoms with Crippen LogP contribution in [0.1, 0.15) is 41.3 Å². The minimum absolute atomic E-state index is 0.135. The van der Waals surface area contributed by atoms with Crippen molar-refractivity contribution in [3.05, 3.63) is 59.2 Å². The molecular formula is C20H21F3N2O3. The molecule has 0 atom stereocenters. The van der Waals surface area contributed by atoms with Crippen LogP contribution in [0.3, 0.4) is 0 Å². The number of carbonyl (C=O) groups is 1. The van der Waals surface area contributed by atoms with Crippen molar-refractivity contribution in [3.8, 4) is 11.5 Å². The molecule has 0 spiro atoms. The van der Waals surface area contributed by atoms with Crippen molar-refractivity contribution in [1.82, 2.24) is 5.43 Å². The zero-order valence-electron chi connectivity index (χ0n) is 15.5. The lowest BCUT2D eigenvalue weighted by molar-refractivity contribution is -0.137. The molecule has 5 nitrogen and oxygen atoms in total. The van der Waals surface area contributed by atoms with Gasteiger partial charge < -0.3 is 9.47 Å². The van der Waals surface area contributed by atoms with Crippen LogP contribution in [0.25, 0.3) is 0 Å². The zero-order valence-corrected chi connectivity index (χ0v) is 15.5. The van der Waals surface area contributed by atoms with E-state index in [0.29, 0.717) is 23.7 Å². The number of nitrogens with zero attached hydrogens (tertiary/aromatic N) is 1. The van der Waals surface area contributed by atoms with Gasteiger partial charge in [0.25, 0.3) is 5.91 Å². The summed E-state index contributed by atoms with van der Waals surface area (Å²) in [6.07, 6.45) is -1.21. The average molecular weight is 394 g/mol. The molecule has 150 valence electrons. The number of rotatable bonds is 8. The van der Waals surface area contributed by atoms with Crippen LogP contribution in [0.15, 0.2) is 47.6 Å². The summed E-state index contributed by atoms with van der Waals surface area (Å²) in [5.41, 5.74) is 1.81. The van der Waals surface area contributed by atoms with E-state index in [1.807, 2.05) is 0 Å². The van der Waals surface area contributed by atoms with Gasteiger partial charge in [-0.1, -0.05) is 19.4 Å². The van der Waals surface area contributed by atoms with E-state index in [2.05, 4.69) is 17.5 Å². The third-order valence-corrected chi connectivity index (χ3v) is 3.77. The van der Waals surface area contributed by atoms with Crippen LogP contribution < -0.4 is 14.9 Å². The third kappa shape index (κ3) is 6.00. The second-order valence-corrected chi connectivity index (χ2v) is 5.89. The van der Waals surface area contributed by atoms with E-state index in [9.17, 15) is 18.0 Å². The summed E-state index contributed by atoms with van der Waals surface area (Å²) in [5, 5.41) is 3.79. The fourth-order valence-corrected chi connectivity index (χ4v) is 2.28. The molecule has 0 unspecified atom stereocenters. The lowest BCUT2D eigenvalue weighted by Crippen LogP contribution is -2.18. The molecule has 2 aromatic carbocycles. The highest BCUT2D eigenvalue weighted by Gasteiger charge is 2.30. The maximum atomic E-state index is 12.7. The van der Waals surface area contributed by atoms with E-state index in [-0.39, 0.29) is 5.56 Å². The molecule has 8 heteroatoms. The summed E-state index contributed by atoms with van der Waals surface area (Å²) < 4.78 is 49.1. The predicted octanol–water partition coefficient (Wildman–Crippen LogP) is 4.66. The topological polar surface area (TPSA) is 59.9 Å². The van der Waals surface area contributed by atoms with Gasteiger partial charge in [0.05, 0.1) is 25.5 Å². The number of hydrogen-bond acceptors (Lipinski definition) is 4. The number of amides is 1. The number of halogens is 3. The fourth-order valence-electron chi connectivity index (χ4n) is 2.28. The summed E-state index contributed by atoms with van der Waals surface area (Å²) in [6.45, 7) is 2.64. The van der Waals surface area contributed by atoms with Gasteiger partial charge in [-0.25, -0.2) is 5.43 Å². The Morgan fingerprint density at radius 3 is 2.64 bits per heavy atom. The van der Waals surface area contributed by atoms with Gasteiger partial charge in [0.15, 0.2) is 11.5 Å². The lowest BCUT2D eigenvalue weighted by Gasteiger charge is -2.10. The Morgan fingerprint density at radius 1 is 1.18 bits per heavy atom. The van der Waals surface area contributed by atoms with Crippen LogP contribution in [0.5, 0.6) is 11.5 Å². The fraction of sp³-hybridized carbons (Fsp3) is 0.300. The number of ether oxygens (including phenoxy) is 2. The Kier molecular flexibility index (Phi) is 7.43. The number of unbranched alkanes of at least 4 members (excludes halogenated alkanes) is 1. The smallest absolute Gasteiger partial charge is 0.416 e. The van der Waals surface area contributed by atoms with Crippen molar-refractivity contribution in [2.45, 2.75) is 25.9 Å². The van der Waals surface area contributed by atoms with Gasteiger partial charge in [-0.2, -0.15) is 18.3 Å². The van der Waals surface area contributed by atoms with Gasteiger partial charge in [-0.15, -0.1) is 0 Å². The second kappa shape index (κ2) is 9.77. The number of hydrogen-bond donors (Lipinski definition) is 1. The van der Waals surface area contributed by atoms with Crippen molar-refractivity contribution in [1.29, 1.82) is 0 Å². The molecule has 2 aromatic rings. The van der Waals surface area contributed by atoms with Gasteiger partial charge in [0, 0.05) is 5.56 Å². The highest BCUT2D eigenvalue weighted by Crippen LogP contribution is 2.29. The summed E-state index contributed by atoms with van der Waals surface area (Å²) in [5.74, 6) is 0.374. The molecule has 0 radical (unpaired) electrons. The maximum Gasteiger partial charge on any atom is 0.416 e. The molecule has 0 aromatic heterocycles. The lowest BCUT2D eigenvalue weighted by atomic mass is 10.1. The first-order chi connectivity index (χ1) is 13.3. The molecule has 1 amide bonds. The van der Waals surface area contributed by atoms with Crippen molar-refractivity contribution in [2.75, 3.05) is 13.7 Å². The molecule has 2 rings (SSSR count). The minimum atomic E-state index is -4.52. The highest BCUT2D eigenvalue weighted by molar-refractivity contribution is 5.95. The van der Waals surface area contributed by atoms with E-state index in [4.69, 9.17) is 9.47 Å². The van der Waals surface area contributed by atoms with Gasteiger partial charge in [0.2, 0.25) is 0 Å². The Labute approximate surface area is 161 Å². The second-order valence-electron chi connectivity index (χ2n) is 5.89. The summed E-state index contributed by atoms with van der Waals surface area (Å²) >= 11 is 0. The van der Waals surface area contributed by atoms with E-state index >= 15 is 0 Å². The first-order valence-electron chi connectivity index (χ1n) is 8.66.